The number of allylic oxidation sites excluding steroid dienone is 1. The molecule has 1 atom stereocenters. The molecule has 0 spiro atoms. The van der Waals surface area contributed by atoms with Crippen LogP contribution in [0.25, 0.3) is 9.81 Å². The number of sulfonamides is 1. The van der Waals surface area contributed by atoms with E-state index >= 15 is 0 Å². The summed E-state index contributed by atoms with van der Waals surface area (Å²) in [5.41, 5.74) is 4.65. The molecular formula is C28H35N3O3S2. The zero-order valence-corrected chi connectivity index (χ0v) is 23.3. The number of thioether (sulfide) groups is 1. The highest BCUT2D eigenvalue weighted by Crippen LogP contribution is 2.43. The Kier molecular flexibility index (Phi) is 9.42. The van der Waals surface area contributed by atoms with Crippen LogP contribution in [0.1, 0.15) is 61.1 Å². The summed E-state index contributed by atoms with van der Waals surface area (Å²) in [6, 6.07) is 13.6. The fourth-order valence-corrected chi connectivity index (χ4v) is 6.53. The van der Waals surface area contributed by atoms with Gasteiger partial charge in [-0.3, -0.25) is 0 Å². The van der Waals surface area contributed by atoms with E-state index in [0.717, 1.165) is 39.3 Å². The van der Waals surface area contributed by atoms with E-state index in [-0.39, 0.29) is 17.9 Å². The van der Waals surface area contributed by atoms with E-state index in [9.17, 15) is 13.7 Å². The van der Waals surface area contributed by atoms with Gasteiger partial charge in [0.2, 0.25) is 10.0 Å². The topological polar surface area (TPSA) is 82.4 Å². The zero-order chi connectivity index (χ0) is 26.5. The highest BCUT2D eigenvalue weighted by atomic mass is 32.2. The number of benzene rings is 2. The first kappa shape index (κ1) is 28.0. The van der Waals surface area contributed by atoms with Crippen molar-refractivity contribution in [3.63, 3.8) is 0 Å². The standard InChI is InChI=1S/C28H35N3O3S2/c1-7-28(35-20(4)21-11-14-27(34-19(2)3)22(17-21)18-29)25-10-8-9-24-23(25)12-13-26(24)30-36(32,33)16-15-31(5)6/h7-11,14,17,19,26,30H,4,12-13,15-16H2,1-3,5-6H3/b28-7-/t26-/m0/s1. The van der Waals surface area contributed by atoms with E-state index < -0.39 is 10.0 Å². The Hall–Kier alpha value is -2.57. The van der Waals surface area contributed by atoms with Gasteiger partial charge in [0.15, 0.2) is 0 Å². The summed E-state index contributed by atoms with van der Waals surface area (Å²) in [5, 5.41) is 9.59. The molecule has 192 valence electrons. The summed E-state index contributed by atoms with van der Waals surface area (Å²) in [4.78, 5) is 3.74. The molecule has 0 saturated heterocycles. The Balaban J connectivity index is 1.81. The van der Waals surface area contributed by atoms with Gasteiger partial charge in [-0.05, 0) is 82.1 Å². The maximum absolute atomic E-state index is 12.6. The molecule has 0 bridgehead atoms. The minimum Gasteiger partial charge on any atom is -0.490 e. The third-order valence-corrected chi connectivity index (χ3v) is 8.47. The normalized spacial score (nSPS) is 15.7. The largest absolute Gasteiger partial charge is 0.490 e. The van der Waals surface area contributed by atoms with Gasteiger partial charge in [-0.1, -0.05) is 48.7 Å². The number of ether oxygens (including phenoxy) is 1. The third-order valence-electron chi connectivity index (χ3n) is 5.95. The molecule has 1 aliphatic rings. The maximum Gasteiger partial charge on any atom is 0.213 e. The number of rotatable bonds is 11. The van der Waals surface area contributed by atoms with Crippen LogP contribution >= 0.6 is 11.8 Å². The fourth-order valence-electron chi connectivity index (χ4n) is 4.19. The molecule has 0 aliphatic heterocycles. The van der Waals surface area contributed by atoms with Crippen molar-refractivity contribution in [1.82, 2.24) is 9.62 Å². The van der Waals surface area contributed by atoms with Gasteiger partial charge in [0.05, 0.1) is 17.4 Å². The summed E-state index contributed by atoms with van der Waals surface area (Å²) in [7, 11) is 0.357. The van der Waals surface area contributed by atoms with Crippen molar-refractivity contribution >= 4 is 31.6 Å². The molecule has 1 N–H and O–H groups in total. The van der Waals surface area contributed by atoms with Crippen molar-refractivity contribution in [2.45, 2.75) is 45.8 Å². The van der Waals surface area contributed by atoms with Gasteiger partial charge in [0.1, 0.15) is 11.8 Å². The number of fused-ring (bicyclic) bond motifs is 1. The molecule has 0 aromatic heterocycles. The van der Waals surface area contributed by atoms with Crippen molar-refractivity contribution in [1.29, 1.82) is 5.26 Å². The van der Waals surface area contributed by atoms with Crippen molar-refractivity contribution < 1.29 is 13.2 Å². The second-order valence-corrected chi connectivity index (χ2v) is 12.4. The first-order valence-electron chi connectivity index (χ1n) is 12.1. The number of nitrogens with zero attached hydrogens (tertiary/aromatic N) is 2. The van der Waals surface area contributed by atoms with Crippen LogP contribution in [0, 0.1) is 11.3 Å². The Bertz CT molecular complexity index is 1290. The number of nitriles is 1. The summed E-state index contributed by atoms with van der Waals surface area (Å²) in [6.45, 7) is 10.6. The molecular weight excluding hydrogens is 490 g/mol. The average Bonchev–Trinajstić information content (AvgIpc) is 3.23. The van der Waals surface area contributed by atoms with Gasteiger partial charge in [-0.25, -0.2) is 13.1 Å². The number of hydrogen-bond acceptors (Lipinski definition) is 6. The fraction of sp³-hybridized carbons (Fsp3) is 0.393. The van der Waals surface area contributed by atoms with Gasteiger partial charge in [0.25, 0.3) is 0 Å². The van der Waals surface area contributed by atoms with Crippen LogP contribution in [0.15, 0.2) is 49.1 Å². The summed E-state index contributed by atoms with van der Waals surface area (Å²) < 4.78 is 33.9. The van der Waals surface area contributed by atoms with E-state index in [2.05, 4.69) is 29.5 Å². The smallest absolute Gasteiger partial charge is 0.213 e. The second kappa shape index (κ2) is 12.1. The van der Waals surface area contributed by atoms with Gasteiger partial charge in [-0.15, -0.1) is 0 Å². The van der Waals surface area contributed by atoms with Crippen molar-refractivity contribution in [2.24, 2.45) is 0 Å². The molecule has 3 rings (SSSR count). The van der Waals surface area contributed by atoms with Crippen LogP contribution in [0.3, 0.4) is 0 Å². The van der Waals surface area contributed by atoms with Crippen LogP contribution in [0.5, 0.6) is 5.75 Å². The molecule has 2 aromatic carbocycles. The lowest BCUT2D eigenvalue weighted by atomic mass is 10.0. The van der Waals surface area contributed by atoms with E-state index in [4.69, 9.17) is 4.74 Å². The number of hydrogen-bond donors (Lipinski definition) is 1. The average molecular weight is 526 g/mol. The second-order valence-electron chi connectivity index (χ2n) is 9.37. The highest BCUT2D eigenvalue weighted by Gasteiger charge is 2.29. The van der Waals surface area contributed by atoms with Crippen LogP contribution in [-0.2, 0) is 16.4 Å². The maximum atomic E-state index is 12.6. The highest BCUT2D eigenvalue weighted by molar-refractivity contribution is 8.16. The minimum absolute atomic E-state index is 0.0170. The Morgan fingerprint density at radius 1 is 1.33 bits per heavy atom. The first-order valence-corrected chi connectivity index (χ1v) is 14.5. The van der Waals surface area contributed by atoms with Gasteiger partial charge in [0, 0.05) is 22.4 Å². The van der Waals surface area contributed by atoms with E-state index in [1.165, 1.54) is 5.56 Å². The zero-order valence-electron chi connectivity index (χ0n) is 21.7. The molecule has 0 amide bonds. The Morgan fingerprint density at radius 2 is 2.08 bits per heavy atom. The number of nitrogens with one attached hydrogen (secondary N) is 1. The molecule has 8 heteroatoms. The summed E-state index contributed by atoms with van der Waals surface area (Å²) >= 11 is 1.55. The predicted octanol–water partition coefficient (Wildman–Crippen LogP) is 5.58. The molecule has 1 aliphatic carbocycles. The lowest BCUT2D eigenvalue weighted by Gasteiger charge is -2.18. The molecule has 0 unspecified atom stereocenters. The van der Waals surface area contributed by atoms with Crippen molar-refractivity contribution in [2.75, 3.05) is 26.4 Å². The molecule has 6 nitrogen and oxygen atoms in total. The van der Waals surface area contributed by atoms with Crippen LogP contribution in [0.2, 0.25) is 0 Å². The van der Waals surface area contributed by atoms with Gasteiger partial charge in [-0.2, -0.15) is 5.26 Å². The van der Waals surface area contributed by atoms with Crippen LogP contribution in [0.4, 0.5) is 0 Å². The van der Waals surface area contributed by atoms with Gasteiger partial charge >= 0.3 is 0 Å². The minimum atomic E-state index is -3.38. The molecule has 0 radical (unpaired) electrons. The first-order chi connectivity index (χ1) is 17.0. The van der Waals surface area contributed by atoms with Crippen LogP contribution in [-0.4, -0.2) is 45.8 Å². The lowest BCUT2D eigenvalue weighted by Crippen LogP contribution is -2.33. The molecule has 0 saturated carbocycles. The van der Waals surface area contributed by atoms with Crippen molar-refractivity contribution in [3.8, 4) is 11.8 Å². The monoisotopic (exact) mass is 525 g/mol. The quantitative estimate of drug-likeness (QED) is 0.413. The molecule has 2 aromatic rings. The van der Waals surface area contributed by atoms with E-state index in [0.29, 0.717) is 17.9 Å². The summed E-state index contributed by atoms with van der Waals surface area (Å²) in [5.74, 6) is 0.646. The lowest BCUT2D eigenvalue weighted by molar-refractivity contribution is 0.241. The Labute approximate surface area is 220 Å². The van der Waals surface area contributed by atoms with Crippen molar-refractivity contribution in [3.05, 3.63) is 76.9 Å². The predicted molar refractivity (Wildman–Crippen MR) is 150 cm³/mol. The molecule has 0 fully saturated rings. The van der Waals surface area contributed by atoms with E-state index in [1.807, 2.05) is 70.1 Å². The SMILES string of the molecule is C=C(S/C(=C\C)c1cccc2c1CC[C@@H]2NS(=O)(=O)CCN(C)C)c1ccc(OC(C)C)c(C#N)c1. The van der Waals surface area contributed by atoms with Crippen LogP contribution < -0.4 is 9.46 Å². The summed E-state index contributed by atoms with van der Waals surface area (Å²) in [6.07, 6.45) is 3.58. The van der Waals surface area contributed by atoms with Gasteiger partial charge < -0.3 is 9.64 Å². The molecule has 36 heavy (non-hydrogen) atoms. The Morgan fingerprint density at radius 3 is 2.72 bits per heavy atom. The molecule has 0 heterocycles. The third kappa shape index (κ3) is 7.01. The van der Waals surface area contributed by atoms with E-state index in [1.54, 1.807) is 11.8 Å².